The summed E-state index contributed by atoms with van der Waals surface area (Å²) in [6.45, 7) is 0.270. The number of aromatic carboxylic acids is 1. The van der Waals surface area contributed by atoms with Crippen LogP contribution in [0.25, 0.3) is 0 Å². The van der Waals surface area contributed by atoms with Gasteiger partial charge in [0.25, 0.3) is 0 Å². The van der Waals surface area contributed by atoms with E-state index in [0.717, 1.165) is 11.3 Å². The number of carboxylic acid groups (broad SMARTS) is 1. The van der Waals surface area contributed by atoms with Crippen LogP contribution in [0, 0.1) is 0 Å². The molecule has 1 N–H and O–H groups in total. The Morgan fingerprint density at radius 3 is 3.06 bits per heavy atom. The van der Waals surface area contributed by atoms with Crippen LogP contribution in [0.4, 0.5) is 0 Å². The molecule has 0 aliphatic heterocycles. The van der Waals surface area contributed by atoms with Gasteiger partial charge in [0.05, 0.1) is 0 Å². The standard InChI is InChI=1S/C9H9N3O3S/c1-12-8(10-5-11-12)3-15-6-2-7(9(13)14)16-4-6/h2,4-5H,3H2,1H3,(H,13,14). The number of aromatic nitrogens is 3. The van der Waals surface area contributed by atoms with E-state index in [1.54, 1.807) is 17.1 Å². The predicted octanol–water partition coefficient (Wildman–Crippen LogP) is 1.15. The smallest absolute Gasteiger partial charge is 0.346 e. The molecule has 0 aliphatic carbocycles. The van der Waals surface area contributed by atoms with Crippen LogP contribution in [0.15, 0.2) is 17.8 Å². The van der Waals surface area contributed by atoms with Gasteiger partial charge < -0.3 is 9.84 Å². The van der Waals surface area contributed by atoms with E-state index < -0.39 is 5.97 Å². The molecule has 0 atom stereocenters. The predicted molar refractivity (Wildman–Crippen MR) is 56.6 cm³/mol. The number of hydrogen-bond acceptors (Lipinski definition) is 5. The van der Waals surface area contributed by atoms with E-state index in [1.165, 1.54) is 12.4 Å². The highest BCUT2D eigenvalue weighted by Crippen LogP contribution is 2.22. The maximum absolute atomic E-state index is 10.6. The lowest BCUT2D eigenvalue weighted by Crippen LogP contribution is -2.04. The third kappa shape index (κ3) is 2.19. The van der Waals surface area contributed by atoms with Crippen LogP contribution in [0.5, 0.6) is 5.75 Å². The quantitative estimate of drug-likeness (QED) is 0.866. The van der Waals surface area contributed by atoms with Gasteiger partial charge in [-0.15, -0.1) is 11.3 Å². The highest BCUT2D eigenvalue weighted by Gasteiger charge is 2.08. The third-order valence-electron chi connectivity index (χ3n) is 1.96. The lowest BCUT2D eigenvalue weighted by atomic mass is 10.4. The molecular formula is C9H9N3O3S. The molecule has 0 saturated heterocycles. The minimum atomic E-state index is -0.946. The van der Waals surface area contributed by atoms with Gasteiger partial charge in [-0.3, -0.25) is 4.68 Å². The molecule has 0 saturated carbocycles. The summed E-state index contributed by atoms with van der Waals surface area (Å²) in [4.78, 5) is 14.9. The first kappa shape index (κ1) is 10.6. The molecular weight excluding hydrogens is 230 g/mol. The molecule has 16 heavy (non-hydrogen) atoms. The first-order chi connectivity index (χ1) is 7.66. The molecule has 0 aliphatic rings. The fourth-order valence-corrected chi connectivity index (χ4v) is 1.77. The maximum atomic E-state index is 10.6. The van der Waals surface area contributed by atoms with Crippen molar-refractivity contribution < 1.29 is 14.6 Å². The van der Waals surface area contributed by atoms with Crippen LogP contribution in [-0.4, -0.2) is 25.8 Å². The van der Waals surface area contributed by atoms with Gasteiger partial charge in [-0.1, -0.05) is 0 Å². The van der Waals surface area contributed by atoms with E-state index in [2.05, 4.69) is 10.1 Å². The monoisotopic (exact) mass is 239 g/mol. The number of hydrogen-bond donors (Lipinski definition) is 1. The molecule has 0 spiro atoms. The fraction of sp³-hybridized carbons (Fsp3) is 0.222. The number of carboxylic acids is 1. The van der Waals surface area contributed by atoms with Crippen LogP contribution in [-0.2, 0) is 13.7 Å². The van der Waals surface area contributed by atoms with Crippen molar-refractivity contribution in [2.24, 2.45) is 7.05 Å². The summed E-state index contributed by atoms with van der Waals surface area (Å²) < 4.78 is 6.99. The number of aryl methyl sites for hydroxylation is 1. The SMILES string of the molecule is Cn1ncnc1COc1csc(C(=O)O)c1. The van der Waals surface area contributed by atoms with Crippen molar-refractivity contribution in [2.45, 2.75) is 6.61 Å². The van der Waals surface area contributed by atoms with Crippen LogP contribution < -0.4 is 4.74 Å². The lowest BCUT2D eigenvalue weighted by molar-refractivity contribution is 0.0702. The molecule has 0 bridgehead atoms. The van der Waals surface area contributed by atoms with Gasteiger partial charge >= 0.3 is 5.97 Å². The molecule has 2 rings (SSSR count). The van der Waals surface area contributed by atoms with E-state index in [4.69, 9.17) is 9.84 Å². The first-order valence-electron chi connectivity index (χ1n) is 4.44. The fourth-order valence-electron chi connectivity index (χ4n) is 1.11. The second kappa shape index (κ2) is 4.31. The van der Waals surface area contributed by atoms with Gasteiger partial charge in [0.15, 0.2) is 5.82 Å². The molecule has 2 heterocycles. The van der Waals surface area contributed by atoms with Gasteiger partial charge in [0, 0.05) is 18.5 Å². The highest BCUT2D eigenvalue weighted by atomic mass is 32.1. The summed E-state index contributed by atoms with van der Waals surface area (Å²) in [5, 5.41) is 14.3. The van der Waals surface area contributed by atoms with Crippen molar-refractivity contribution in [1.82, 2.24) is 14.8 Å². The van der Waals surface area contributed by atoms with E-state index in [9.17, 15) is 4.79 Å². The van der Waals surface area contributed by atoms with Gasteiger partial charge in [0.1, 0.15) is 23.6 Å². The summed E-state index contributed by atoms with van der Waals surface area (Å²) in [5.74, 6) is 0.270. The Morgan fingerprint density at radius 1 is 1.69 bits per heavy atom. The minimum Gasteiger partial charge on any atom is -0.485 e. The van der Waals surface area contributed by atoms with E-state index in [-0.39, 0.29) is 11.5 Å². The molecule has 2 aromatic rings. The summed E-state index contributed by atoms with van der Waals surface area (Å²) >= 11 is 1.13. The van der Waals surface area contributed by atoms with Crippen molar-refractivity contribution in [3.8, 4) is 5.75 Å². The first-order valence-corrected chi connectivity index (χ1v) is 5.32. The molecule has 0 unspecified atom stereocenters. The Kier molecular flexibility index (Phi) is 2.86. The molecule has 0 radical (unpaired) electrons. The van der Waals surface area contributed by atoms with E-state index in [1.807, 2.05) is 0 Å². The minimum absolute atomic E-state index is 0.257. The molecule has 0 fully saturated rings. The lowest BCUT2D eigenvalue weighted by Gasteiger charge is -2.01. The van der Waals surface area contributed by atoms with Crippen molar-refractivity contribution in [1.29, 1.82) is 0 Å². The Hall–Kier alpha value is -1.89. The average molecular weight is 239 g/mol. The molecule has 7 heteroatoms. The molecule has 0 amide bonds. The highest BCUT2D eigenvalue weighted by molar-refractivity contribution is 7.12. The van der Waals surface area contributed by atoms with Crippen LogP contribution >= 0.6 is 11.3 Å². The number of nitrogens with zero attached hydrogens (tertiary/aromatic N) is 3. The van der Waals surface area contributed by atoms with Gasteiger partial charge in [-0.05, 0) is 0 Å². The molecule has 6 nitrogen and oxygen atoms in total. The zero-order chi connectivity index (χ0) is 11.5. The van der Waals surface area contributed by atoms with Gasteiger partial charge in [0.2, 0.25) is 0 Å². The number of ether oxygens (including phenoxy) is 1. The van der Waals surface area contributed by atoms with Crippen LogP contribution in [0.3, 0.4) is 0 Å². The van der Waals surface area contributed by atoms with E-state index >= 15 is 0 Å². The summed E-state index contributed by atoms with van der Waals surface area (Å²) in [7, 11) is 1.77. The largest absolute Gasteiger partial charge is 0.485 e. The van der Waals surface area contributed by atoms with Gasteiger partial charge in [-0.2, -0.15) is 5.10 Å². The van der Waals surface area contributed by atoms with Crippen molar-refractivity contribution in [2.75, 3.05) is 0 Å². The zero-order valence-corrected chi connectivity index (χ0v) is 9.27. The zero-order valence-electron chi connectivity index (χ0n) is 8.45. The Balaban J connectivity index is 2.00. The summed E-state index contributed by atoms with van der Waals surface area (Å²) in [6, 6.07) is 1.49. The number of thiophene rings is 1. The summed E-state index contributed by atoms with van der Waals surface area (Å²) in [5.41, 5.74) is 0. The van der Waals surface area contributed by atoms with Crippen LogP contribution in [0.2, 0.25) is 0 Å². The Bertz CT molecular complexity index is 506. The normalized spacial score (nSPS) is 10.3. The molecule has 0 aromatic carbocycles. The third-order valence-corrected chi connectivity index (χ3v) is 2.86. The number of carbonyl (C=O) groups is 1. The molecule has 84 valence electrons. The average Bonchev–Trinajstić information content (AvgIpc) is 2.83. The van der Waals surface area contributed by atoms with Crippen LogP contribution in [0.1, 0.15) is 15.5 Å². The second-order valence-corrected chi connectivity index (χ2v) is 3.95. The van der Waals surface area contributed by atoms with Crippen molar-refractivity contribution >= 4 is 17.3 Å². The number of rotatable bonds is 4. The Morgan fingerprint density at radius 2 is 2.50 bits per heavy atom. The molecule has 2 aromatic heterocycles. The van der Waals surface area contributed by atoms with E-state index in [0.29, 0.717) is 11.6 Å². The van der Waals surface area contributed by atoms with Gasteiger partial charge in [-0.25, -0.2) is 9.78 Å². The van der Waals surface area contributed by atoms with Crippen molar-refractivity contribution in [3.05, 3.63) is 28.5 Å². The maximum Gasteiger partial charge on any atom is 0.346 e. The Labute approximate surface area is 95.1 Å². The van der Waals surface area contributed by atoms with Crippen molar-refractivity contribution in [3.63, 3.8) is 0 Å². The topological polar surface area (TPSA) is 77.2 Å². The summed E-state index contributed by atoms with van der Waals surface area (Å²) in [6.07, 6.45) is 1.44. The second-order valence-electron chi connectivity index (χ2n) is 3.04.